The zero-order valence-electron chi connectivity index (χ0n) is 7.55. The van der Waals surface area contributed by atoms with Crippen LogP contribution < -0.4 is 0 Å². The van der Waals surface area contributed by atoms with Crippen LogP contribution in [0.2, 0.25) is 0 Å². The van der Waals surface area contributed by atoms with Crippen LogP contribution in [0.1, 0.15) is 19.3 Å². The van der Waals surface area contributed by atoms with Gasteiger partial charge in [-0.25, -0.2) is 0 Å². The molecule has 0 aromatic rings. The Bertz CT molecular complexity index is 216. The van der Waals surface area contributed by atoms with Crippen LogP contribution in [0.3, 0.4) is 0 Å². The Morgan fingerprint density at radius 3 is 1.73 bits per heavy atom. The molecule has 15 heavy (non-hydrogen) atoms. The zero-order chi connectivity index (χ0) is 12.3. The van der Waals surface area contributed by atoms with Gasteiger partial charge in [0.15, 0.2) is 0 Å². The molecule has 0 N–H and O–H groups in total. The van der Waals surface area contributed by atoms with Gasteiger partial charge in [0.2, 0.25) is 0 Å². The van der Waals surface area contributed by atoms with E-state index in [1.165, 1.54) is 6.08 Å². The molecule has 0 bridgehead atoms. The normalized spacial score (nSPS) is 14.1. The average Bonchev–Trinajstić information content (AvgIpc) is 2.02. The van der Waals surface area contributed by atoms with Gasteiger partial charge < -0.3 is 0 Å². The van der Waals surface area contributed by atoms with Crippen LogP contribution in [0.25, 0.3) is 0 Å². The van der Waals surface area contributed by atoms with E-state index in [9.17, 15) is 30.7 Å². The van der Waals surface area contributed by atoms with Gasteiger partial charge in [0.25, 0.3) is 0 Å². The molecule has 0 saturated heterocycles. The SMILES string of the molecule is C=CCCCC(F)(F)C(F)(F)C(F)(F)F. The Morgan fingerprint density at radius 1 is 0.933 bits per heavy atom. The number of unbranched alkanes of at least 4 members (excludes halogenated alkanes) is 1. The van der Waals surface area contributed by atoms with E-state index < -0.39 is 30.9 Å². The first kappa shape index (κ1) is 14.2. The Balaban J connectivity index is 4.62. The molecule has 90 valence electrons. The van der Waals surface area contributed by atoms with Crippen molar-refractivity contribution in [2.75, 3.05) is 0 Å². The van der Waals surface area contributed by atoms with Gasteiger partial charge in [0, 0.05) is 6.42 Å². The van der Waals surface area contributed by atoms with Gasteiger partial charge in [-0.3, -0.25) is 0 Å². The maximum Gasteiger partial charge on any atom is 0.459 e. The van der Waals surface area contributed by atoms with Crippen LogP contribution in [0.5, 0.6) is 0 Å². The third-order valence-corrected chi connectivity index (χ3v) is 1.71. The lowest BCUT2D eigenvalue weighted by atomic mass is 10.0. The van der Waals surface area contributed by atoms with E-state index in [0.29, 0.717) is 0 Å². The summed E-state index contributed by atoms with van der Waals surface area (Å²) in [5.74, 6) is -11.1. The van der Waals surface area contributed by atoms with E-state index in [-0.39, 0.29) is 6.42 Å². The predicted octanol–water partition coefficient (Wildman–Crippen LogP) is 4.18. The smallest absolute Gasteiger partial charge is 0.200 e. The number of halogens is 7. The fourth-order valence-corrected chi connectivity index (χ4v) is 0.833. The molecule has 0 radical (unpaired) electrons. The molecule has 0 atom stereocenters. The number of hydrogen-bond donors (Lipinski definition) is 0. The molecule has 0 aliphatic carbocycles. The minimum absolute atomic E-state index is 0.0382. The second-order valence-corrected chi connectivity index (χ2v) is 2.96. The predicted molar refractivity (Wildman–Crippen MR) is 40.0 cm³/mol. The summed E-state index contributed by atoms with van der Waals surface area (Å²) >= 11 is 0. The second kappa shape index (κ2) is 4.40. The van der Waals surface area contributed by atoms with Crippen molar-refractivity contribution in [2.45, 2.75) is 37.3 Å². The highest BCUT2D eigenvalue weighted by Crippen LogP contribution is 2.48. The molecule has 7 heteroatoms. The molecular formula is C8H9F7. The van der Waals surface area contributed by atoms with Crippen LogP contribution in [0.15, 0.2) is 12.7 Å². The van der Waals surface area contributed by atoms with E-state index in [1.807, 2.05) is 0 Å². The van der Waals surface area contributed by atoms with Crippen molar-refractivity contribution >= 4 is 0 Å². The molecule has 0 amide bonds. The van der Waals surface area contributed by atoms with Gasteiger partial charge in [0.05, 0.1) is 0 Å². The summed E-state index contributed by atoms with van der Waals surface area (Å²) in [5.41, 5.74) is 0. The summed E-state index contributed by atoms with van der Waals surface area (Å²) in [6.45, 7) is 3.14. The maximum absolute atomic E-state index is 12.5. The summed E-state index contributed by atoms with van der Waals surface area (Å²) in [6, 6.07) is 0. The van der Waals surface area contributed by atoms with Crippen molar-refractivity contribution in [1.82, 2.24) is 0 Å². The van der Waals surface area contributed by atoms with E-state index >= 15 is 0 Å². The Kier molecular flexibility index (Phi) is 4.18. The molecule has 0 aromatic carbocycles. The van der Waals surface area contributed by atoms with Gasteiger partial charge in [-0.2, -0.15) is 30.7 Å². The van der Waals surface area contributed by atoms with Crippen LogP contribution in [-0.4, -0.2) is 18.0 Å². The molecule has 0 aliphatic rings. The lowest BCUT2D eigenvalue weighted by Crippen LogP contribution is -2.51. The molecule has 0 saturated carbocycles. The van der Waals surface area contributed by atoms with E-state index in [1.54, 1.807) is 0 Å². The fraction of sp³-hybridized carbons (Fsp3) is 0.750. The highest BCUT2D eigenvalue weighted by atomic mass is 19.4. The number of alkyl halides is 7. The number of hydrogen-bond acceptors (Lipinski definition) is 0. The third-order valence-electron chi connectivity index (χ3n) is 1.71. The van der Waals surface area contributed by atoms with Crippen molar-refractivity contribution in [3.05, 3.63) is 12.7 Å². The lowest BCUT2D eigenvalue weighted by Gasteiger charge is -2.27. The zero-order valence-corrected chi connectivity index (χ0v) is 7.55. The van der Waals surface area contributed by atoms with Crippen LogP contribution in [-0.2, 0) is 0 Å². The molecule has 0 spiro atoms. The van der Waals surface area contributed by atoms with E-state index in [2.05, 4.69) is 6.58 Å². The highest BCUT2D eigenvalue weighted by molar-refractivity contribution is 4.91. The van der Waals surface area contributed by atoms with Crippen molar-refractivity contribution in [3.8, 4) is 0 Å². The van der Waals surface area contributed by atoms with Gasteiger partial charge in [-0.15, -0.1) is 6.58 Å². The molecule has 0 heterocycles. The molecule has 0 aliphatic heterocycles. The van der Waals surface area contributed by atoms with Crippen molar-refractivity contribution in [3.63, 3.8) is 0 Å². The summed E-state index contributed by atoms with van der Waals surface area (Å²) in [7, 11) is 0. The molecule has 0 fully saturated rings. The first-order chi connectivity index (χ1) is 6.56. The monoisotopic (exact) mass is 238 g/mol. The van der Waals surface area contributed by atoms with E-state index in [0.717, 1.165) is 0 Å². The Hall–Kier alpha value is -0.750. The van der Waals surface area contributed by atoms with Crippen LogP contribution >= 0.6 is 0 Å². The van der Waals surface area contributed by atoms with Crippen molar-refractivity contribution in [2.24, 2.45) is 0 Å². The fourth-order valence-electron chi connectivity index (χ4n) is 0.833. The highest BCUT2D eigenvalue weighted by Gasteiger charge is 2.72. The first-order valence-corrected chi connectivity index (χ1v) is 3.99. The molecule has 0 rings (SSSR count). The minimum atomic E-state index is -6.23. The first-order valence-electron chi connectivity index (χ1n) is 3.99. The van der Waals surface area contributed by atoms with Gasteiger partial charge >= 0.3 is 18.0 Å². The van der Waals surface area contributed by atoms with Gasteiger partial charge in [0.1, 0.15) is 0 Å². The maximum atomic E-state index is 12.5. The average molecular weight is 238 g/mol. The molecule has 0 aromatic heterocycles. The van der Waals surface area contributed by atoms with Crippen LogP contribution in [0, 0.1) is 0 Å². The molecule has 0 nitrogen and oxygen atoms in total. The summed E-state index contributed by atoms with van der Waals surface area (Å²) in [6.07, 6.45) is -7.09. The third kappa shape index (κ3) is 3.10. The lowest BCUT2D eigenvalue weighted by molar-refractivity contribution is -0.355. The molecular weight excluding hydrogens is 229 g/mol. The van der Waals surface area contributed by atoms with Crippen molar-refractivity contribution in [1.29, 1.82) is 0 Å². The topological polar surface area (TPSA) is 0 Å². The summed E-state index contributed by atoms with van der Waals surface area (Å²) in [5, 5.41) is 0. The number of allylic oxidation sites excluding steroid dienone is 1. The Labute approximate surface area is 81.8 Å². The van der Waals surface area contributed by atoms with Gasteiger partial charge in [-0.05, 0) is 12.8 Å². The largest absolute Gasteiger partial charge is 0.459 e. The second-order valence-electron chi connectivity index (χ2n) is 2.96. The minimum Gasteiger partial charge on any atom is -0.200 e. The number of rotatable bonds is 5. The quantitative estimate of drug-likeness (QED) is 0.383. The molecule has 0 unspecified atom stereocenters. The van der Waals surface area contributed by atoms with Gasteiger partial charge in [-0.1, -0.05) is 6.08 Å². The summed E-state index contributed by atoms with van der Waals surface area (Å²) in [4.78, 5) is 0. The Morgan fingerprint density at radius 2 is 1.40 bits per heavy atom. The van der Waals surface area contributed by atoms with E-state index in [4.69, 9.17) is 0 Å². The standard InChI is InChI=1S/C8H9F7/c1-2-3-4-5-6(9,10)7(11,12)8(13,14)15/h2H,1,3-5H2. The van der Waals surface area contributed by atoms with Crippen LogP contribution in [0.4, 0.5) is 30.7 Å². The van der Waals surface area contributed by atoms with Crippen molar-refractivity contribution < 1.29 is 30.7 Å². The summed E-state index contributed by atoms with van der Waals surface area (Å²) < 4.78 is 84.3.